The number of alkyl carbamates (subject to hydrolysis) is 1. The quantitative estimate of drug-likeness (QED) is 0.520. The maximum absolute atomic E-state index is 12.0. The first-order valence-electron chi connectivity index (χ1n) is 8.68. The fourth-order valence-corrected chi connectivity index (χ4v) is 2.29. The maximum atomic E-state index is 12.0. The van der Waals surface area contributed by atoms with Crippen LogP contribution in [0.5, 0.6) is 5.75 Å². The summed E-state index contributed by atoms with van der Waals surface area (Å²) >= 11 is 0. The van der Waals surface area contributed by atoms with E-state index in [9.17, 15) is 14.4 Å². The molecule has 3 N–H and O–H groups in total. The van der Waals surface area contributed by atoms with E-state index in [1.165, 1.54) is 0 Å². The lowest BCUT2D eigenvalue weighted by molar-refractivity contribution is -0.881. The summed E-state index contributed by atoms with van der Waals surface area (Å²) in [7, 11) is 1.62. The topological polar surface area (TPSA) is 98.2 Å². The molecule has 0 radical (unpaired) electrons. The minimum atomic E-state index is -0.767. The molecule has 8 nitrogen and oxygen atoms in total. The van der Waals surface area contributed by atoms with Crippen LogP contribution < -0.4 is 20.3 Å². The number of methoxy groups -OCH3 is 1. The first-order valence-corrected chi connectivity index (χ1v) is 8.68. The van der Waals surface area contributed by atoms with Crippen molar-refractivity contribution in [2.24, 2.45) is 0 Å². The highest BCUT2D eigenvalue weighted by molar-refractivity contribution is 5.92. The Balaban J connectivity index is 2.32. The van der Waals surface area contributed by atoms with Crippen molar-refractivity contribution in [1.82, 2.24) is 10.6 Å². The summed E-state index contributed by atoms with van der Waals surface area (Å²) in [5.74, 6) is 0.187. The molecule has 144 valence electrons. The van der Waals surface area contributed by atoms with Crippen LogP contribution in [-0.4, -0.2) is 57.8 Å². The molecular weight excluding hydrogens is 338 g/mol. The van der Waals surface area contributed by atoms with Crippen LogP contribution in [0, 0.1) is 0 Å². The summed E-state index contributed by atoms with van der Waals surface area (Å²) in [6, 6.07) is 7.66. The van der Waals surface area contributed by atoms with Crippen LogP contribution in [0.1, 0.15) is 19.4 Å². The second kappa shape index (κ2) is 11.9. The van der Waals surface area contributed by atoms with Crippen molar-refractivity contribution in [1.29, 1.82) is 0 Å². The summed E-state index contributed by atoms with van der Waals surface area (Å²) in [4.78, 5) is 35.8. The zero-order valence-corrected chi connectivity index (χ0v) is 15.6. The highest BCUT2D eigenvalue weighted by Gasteiger charge is 2.18. The van der Waals surface area contributed by atoms with E-state index in [1.54, 1.807) is 14.0 Å². The second-order valence-corrected chi connectivity index (χ2v) is 5.67. The minimum absolute atomic E-state index is 0.0290. The van der Waals surface area contributed by atoms with Gasteiger partial charge in [-0.25, -0.2) is 4.79 Å². The van der Waals surface area contributed by atoms with Crippen molar-refractivity contribution in [2.45, 2.75) is 20.3 Å². The van der Waals surface area contributed by atoms with Crippen molar-refractivity contribution in [3.63, 3.8) is 0 Å². The van der Waals surface area contributed by atoms with E-state index in [2.05, 4.69) is 15.4 Å². The number of benzene rings is 1. The summed E-state index contributed by atoms with van der Waals surface area (Å²) in [5.41, 5.74) is 1.10. The third-order valence-electron chi connectivity index (χ3n) is 3.73. The Hall–Kier alpha value is -2.61. The van der Waals surface area contributed by atoms with Gasteiger partial charge in [0.25, 0.3) is 11.8 Å². The number of hydrogen-bond acceptors (Lipinski definition) is 5. The second-order valence-electron chi connectivity index (χ2n) is 5.67. The van der Waals surface area contributed by atoms with E-state index in [1.807, 2.05) is 31.2 Å². The Morgan fingerprint density at radius 3 is 2.27 bits per heavy atom. The van der Waals surface area contributed by atoms with Crippen LogP contribution in [0.3, 0.4) is 0 Å². The van der Waals surface area contributed by atoms with Gasteiger partial charge in [-0.05, 0) is 38.0 Å². The Bertz CT molecular complexity index is 589. The zero-order valence-electron chi connectivity index (χ0n) is 15.6. The van der Waals surface area contributed by atoms with Crippen LogP contribution in [0.15, 0.2) is 24.3 Å². The van der Waals surface area contributed by atoms with Gasteiger partial charge in [0, 0.05) is 6.54 Å². The number of amides is 3. The normalized spacial score (nSPS) is 11.3. The molecule has 0 aliphatic carbocycles. The zero-order chi connectivity index (χ0) is 19.4. The third-order valence-corrected chi connectivity index (χ3v) is 3.73. The van der Waals surface area contributed by atoms with Crippen LogP contribution in [0.2, 0.25) is 0 Å². The van der Waals surface area contributed by atoms with Gasteiger partial charge in [-0.1, -0.05) is 12.1 Å². The molecule has 0 aromatic heterocycles. The lowest BCUT2D eigenvalue weighted by Gasteiger charge is -2.16. The Kier molecular flexibility index (Phi) is 9.78. The Morgan fingerprint density at radius 2 is 1.69 bits per heavy atom. The van der Waals surface area contributed by atoms with Crippen molar-refractivity contribution >= 4 is 17.9 Å². The van der Waals surface area contributed by atoms with Gasteiger partial charge in [0.15, 0.2) is 13.1 Å². The number of imide groups is 1. The molecule has 0 saturated heterocycles. The summed E-state index contributed by atoms with van der Waals surface area (Å²) in [6.45, 7) is 5.01. The van der Waals surface area contributed by atoms with E-state index in [-0.39, 0.29) is 25.6 Å². The van der Waals surface area contributed by atoms with Gasteiger partial charge in [-0.2, -0.15) is 0 Å². The molecule has 1 atom stereocenters. The van der Waals surface area contributed by atoms with E-state index in [0.29, 0.717) is 19.5 Å². The molecule has 0 saturated carbocycles. The van der Waals surface area contributed by atoms with Gasteiger partial charge in [0.05, 0.1) is 20.3 Å². The van der Waals surface area contributed by atoms with Crippen LogP contribution in [0.25, 0.3) is 0 Å². The van der Waals surface area contributed by atoms with E-state index >= 15 is 0 Å². The van der Waals surface area contributed by atoms with Gasteiger partial charge in [0.2, 0.25) is 0 Å². The molecule has 0 heterocycles. The van der Waals surface area contributed by atoms with Crippen LogP contribution in [-0.2, 0) is 20.7 Å². The molecule has 1 aromatic rings. The minimum Gasteiger partial charge on any atom is -0.497 e. The predicted octanol–water partition coefficient (Wildman–Crippen LogP) is -0.469. The average Bonchev–Trinajstić information content (AvgIpc) is 2.61. The first-order chi connectivity index (χ1) is 12.5. The predicted molar refractivity (Wildman–Crippen MR) is 96.1 cm³/mol. The third kappa shape index (κ3) is 8.48. The number of nitrogens with one attached hydrogen (secondary N) is 3. The number of likely N-dealkylation sites (N-methyl/N-ethyl adjacent to an activating group) is 1. The monoisotopic (exact) mass is 366 g/mol. The summed E-state index contributed by atoms with van der Waals surface area (Å²) in [5, 5.41) is 4.97. The van der Waals surface area contributed by atoms with Gasteiger partial charge in [-0.3, -0.25) is 14.9 Å². The average molecular weight is 366 g/mol. The van der Waals surface area contributed by atoms with Crippen molar-refractivity contribution in [3.05, 3.63) is 29.8 Å². The fraction of sp³-hybridized carbons (Fsp3) is 0.500. The van der Waals surface area contributed by atoms with Crippen molar-refractivity contribution in [3.8, 4) is 5.75 Å². The lowest BCUT2D eigenvalue weighted by Crippen LogP contribution is -3.14. The largest absolute Gasteiger partial charge is 0.497 e. The molecule has 0 spiro atoms. The van der Waals surface area contributed by atoms with Crippen molar-refractivity contribution < 1.29 is 28.8 Å². The number of ether oxygens (including phenoxy) is 2. The number of hydrogen-bond donors (Lipinski definition) is 3. The number of rotatable bonds is 10. The summed E-state index contributed by atoms with van der Waals surface area (Å²) in [6.07, 6.45) is -0.0579. The first kappa shape index (κ1) is 21.4. The highest BCUT2D eigenvalue weighted by Crippen LogP contribution is 2.11. The molecule has 1 aromatic carbocycles. The molecule has 1 rings (SSSR count). The van der Waals surface area contributed by atoms with Crippen LogP contribution >= 0.6 is 0 Å². The van der Waals surface area contributed by atoms with E-state index < -0.39 is 12.0 Å². The number of carbonyl (C=O) groups is 3. The van der Waals surface area contributed by atoms with Crippen molar-refractivity contribution in [2.75, 3.05) is 39.9 Å². The molecule has 26 heavy (non-hydrogen) atoms. The molecule has 1 unspecified atom stereocenters. The number of quaternary nitrogens is 1. The SMILES string of the molecule is CCOC(=O)NC(=O)C[NH+](CC)CC(=O)NCCc1ccc(OC)cc1. The molecule has 0 fully saturated rings. The highest BCUT2D eigenvalue weighted by atomic mass is 16.5. The summed E-state index contributed by atoms with van der Waals surface area (Å²) < 4.78 is 9.75. The molecule has 0 aliphatic heterocycles. The lowest BCUT2D eigenvalue weighted by atomic mass is 10.1. The van der Waals surface area contributed by atoms with E-state index in [0.717, 1.165) is 16.2 Å². The van der Waals surface area contributed by atoms with Gasteiger partial charge >= 0.3 is 6.09 Å². The smallest absolute Gasteiger partial charge is 0.414 e. The molecule has 3 amide bonds. The van der Waals surface area contributed by atoms with E-state index in [4.69, 9.17) is 4.74 Å². The Labute approximate surface area is 153 Å². The number of carbonyl (C=O) groups excluding carboxylic acids is 3. The van der Waals surface area contributed by atoms with Gasteiger partial charge in [-0.15, -0.1) is 0 Å². The fourth-order valence-electron chi connectivity index (χ4n) is 2.29. The van der Waals surface area contributed by atoms with Gasteiger partial charge < -0.3 is 19.7 Å². The molecule has 8 heteroatoms. The molecule has 0 bridgehead atoms. The van der Waals surface area contributed by atoms with Crippen LogP contribution in [0.4, 0.5) is 4.79 Å². The standard InChI is InChI=1S/C18H27N3O5/c1-4-21(13-17(23)20-18(24)26-5-2)12-16(22)19-11-10-14-6-8-15(25-3)9-7-14/h6-9H,4-5,10-13H2,1-3H3,(H,19,22)(H,20,23,24)/p+1. The molecule has 0 aliphatic rings. The maximum Gasteiger partial charge on any atom is 0.414 e. The Morgan fingerprint density at radius 1 is 1.04 bits per heavy atom. The molecular formula is C18H28N3O5+. The van der Waals surface area contributed by atoms with Gasteiger partial charge in [0.1, 0.15) is 5.75 Å².